The van der Waals surface area contributed by atoms with E-state index in [1.165, 1.54) is 0 Å². The van der Waals surface area contributed by atoms with Gasteiger partial charge in [0.05, 0.1) is 9.86 Å². The van der Waals surface area contributed by atoms with Crippen molar-refractivity contribution in [2.24, 2.45) is 0 Å². The maximum Gasteiger partial charge on any atom is 0.344 e. The standard InChI is InChI=1S/C16H21BrO3Si/c1-15(2,3)21-20-16(4,5)13-12(17)10-8-6-7-9-11(10)14(18)19-13/h6-9H,21H2,1-5H3. The van der Waals surface area contributed by atoms with Gasteiger partial charge in [-0.25, -0.2) is 4.79 Å². The van der Waals surface area contributed by atoms with E-state index >= 15 is 0 Å². The second-order valence-electron chi connectivity index (χ2n) is 6.94. The lowest BCUT2D eigenvalue weighted by molar-refractivity contribution is 0.0783. The highest BCUT2D eigenvalue weighted by Crippen LogP contribution is 2.36. The molecule has 2 aromatic rings. The fourth-order valence-corrected chi connectivity index (χ4v) is 3.85. The summed E-state index contributed by atoms with van der Waals surface area (Å²) in [6, 6.07) is 7.43. The van der Waals surface area contributed by atoms with Crippen molar-refractivity contribution in [3.63, 3.8) is 0 Å². The Kier molecular flexibility index (Phi) is 4.47. The largest absolute Gasteiger partial charge is 0.423 e. The molecule has 0 radical (unpaired) electrons. The molecule has 0 unspecified atom stereocenters. The number of halogens is 1. The van der Waals surface area contributed by atoms with E-state index < -0.39 is 15.4 Å². The molecule has 2 rings (SSSR count). The van der Waals surface area contributed by atoms with Crippen LogP contribution >= 0.6 is 15.9 Å². The van der Waals surface area contributed by atoms with Crippen molar-refractivity contribution in [2.75, 3.05) is 0 Å². The zero-order valence-corrected chi connectivity index (χ0v) is 16.1. The molecular formula is C16H21BrO3Si. The predicted molar refractivity (Wildman–Crippen MR) is 92.6 cm³/mol. The van der Waals surface area contributed by atoms with E-state index in [1.807, 2.05) is 32.0 Å². The molecule has 0 saturated carbocycles. The molecule has 5 heteroatoms. The third-order valence-electron chi connectivity index (χ3n) is 3.19. The second-order valence-corrected chi connectivity index (χ2v) is 10.4. The van der Waals surface area contributed by atoms with E-state index in [2.05, 4.69) is 36.7 Å². The third kappa shape index (κ3) is 3.65. The van der Waals surface area contributed by atoms with Crippen molar-refractivity contribution in [3.05, 3.63) is 44.9 Å². The fraction of sp³-hybridized carbons (Fsp3) is 0.438. The topological polar surface area (TPSA) is 39.4 Å². The van der Waals surface area contributed by atoms with Crippen LogP contribution in [0.2, 0.25) is 5.04 Å². The molecular weight excluding hydrogens is 348 g/mol. The van der Waals surface area contributed by atoms with Gasteiger partial charge in [-0.2, -0.15) is 0 Å². The normalized spacial score (nSPS) is 13.4. The summed E-state index contributed by atoms with van der Waals surface area (Å²) in [5, 5.41) is 1.62. The van der Waals surface area contributed by atoms with Crippen molar-refractivity contribution in [3.8, 4) is 0 Å². The minimum absolute atomic E-state index is 0.181. The quantitative estimate of drug-likeness (QED) is 0.765. The Morgan fingerprint density at radius 1 is 1.10 bits per heavy atom. The Morgan fingerprint density at radius 2 is 1.67 bits per heavy atom. The average molecular weight is 369 g/mol. The monoisotopic (exact) mass is 368 g/mol. The third-order valence-corrected chi connectivity index (χ3v) is 5.71. The predicted octanol–water partition coefficient (Wildman–Crippen LogP) is 4.11. The first-order valence-electron chi connectivity index (χ1n) is 6.98. The van der Waals surface area contributed by atoms with Crippen LogP contribution in [0.1, 0.15) is 40.4 Å². The lowest BCUT2D eigenvalue weighted by Crippen LogP contribution is -2.29. The Hall–Kier alpha value is -0.913. The summed E-state index contributed by atoms with van der Waals surface area (Å²) in [4.78, 5) is 12.2. The van der Waals surface area contributed by atoms with Crippen molar-refractivity contribution >= 4 is 36.5 Å². The van der Waals surface area contributed by atoms with Gasteiger partial charge < -0.3 is 8.84 Å². The van der Waals surface area contributed by atoms with Gasteiger partial charge in [-0.3, -0.25) is 0 Å². The average Bonchev–Trinajstić information content (AvgIpc) is 2.40. The van der Waals surface area contributed by atoms with Crippen LogP contribution in [0.4, 0.5) is 0 Å². The smallest absolute Gasteiger partial charge is 0.344 e. The van der Waals surface area contributed by atoms with Gasteiger partial charge in [-0.05, 0) is 40.9 Å². The van der Waals surface area contributed by atoms with E-state index in [4.69, 9.17) is 8.84 Å². The lowest BCUT2D eigenvalue weighted by Gasteiger charge is -2.29. The number of fused-ring (bicyclic) bond motifs is 1. The number of hydrogen-bond acceptors (Lipinski definition) is 3. The molecule has 0 aliphatic carbocycles. The Bertz CT molecular complexity index is 714. The molecule has 21 heavy (non-hydrogen) atoms. The molecule has 3 nitrogen and oxygen atoms in total. The summed E-state index contributed by atoms with van der Waals surface area (Å²) in [7, 11) is -0.761. The molecule has 0 aliphatic heterocycles. The van der Waals surface area contributed by atoms with Crippen LogP contribution in [0.15, 0.2) is 37.9 Å². The Labute approximate surface area is 135 Å². The minimum Gasteiger partial charge on any atom is -0.423 e. The van der Waals surface area contributed by atoms with E-state index in [1.54, 1.807) is 6.07 Å². The van der Waals surface area contributed by atoms with Crippen LogP contribution in [0.3, 0.4) is 0 Å². The van der Waals surface area contributed by atoms with Crippen LogP contribution < -0.4 is 5.63 Å². The van der Waals surface area contributed by atoms with E-state index in [9.17, 15) is 4.79 Å². The number of hydrogen-bond donors (Lipinski definition) is 0. The minimum atomic E-state index is -0.761. The van der Waals surface area contributed by atoms with Gasteiger partial charge in [0.1, 0.15) is 5.60 Å². The van der Waals surface area contributed by atoms with Crippen LogP contribution in [0.25, 0.3) is 10.8 Å². The Balaban J connectivity index is 2.51. The summed E-state index contributed by atoms with van der Waals surface area (Å²) in [5.41, 5.74) is -0.945. The SMILES string of the molecule is CC(C)(C)[SiH2]OC(C)(C)c1oc(=O)c2ccccc2c1Br. The molecule has 0 bridgehead atoms. The van der Waals surface area contributed by atoms with Gasteiger partial charge in [-0.1, -0.05) is 39.0 Å². The number of rotatable bonds is 3. The van der Waals surface area contributed by atoms with Gasteiger partial charge in [0, 0.05) is 5.39 Å². The highest BCUT2D eigenvalue weighted by atomic mass is 79.9. The summed E-state index contributed by atoms with van der Waals surface area (Å²) < 4.78 is 12.5. The number of benzene rings is 1. The first-order chi connectivity index (χ1) is 9.62. The zero-order valence-electron chi connectivity index (χ0n) is 13.1. The van der Waals surface area contributed by atoms with Crippen molar-refractivity contribution in [1.29, 1.82) is 0 Å². The van der Waals surface area contributed by atoms with Gasteiger partial charge in [0.2, 0.25) is 0 Å². The maximum absolute atomic E-state index is 12.2. The summed E-state index contributed by atoms with van der Waals surface area (Å²) in [6.45, 7) is 10.4. The second kappa shape index (κ2) is 5.70. The molecule has 0 N–H and O–H groups in total. The van der Waals surface area contributed by atoms with E-state index in [0.717, 1.165) is 9.86 Å². The molecule has 0 fully saturated rings. The molecule has 0 amide bonds. The molecule has 0 spiro atoms. The Morgan fingerprint density at radius 3 is 2.24 bits per heavy atom. The van der Waals surface area contributed by atoms with Crippen LogP contribution in [-0.4, -0.2) is 9.76 Å². The van der Waals surface area contributed by atoms with Gasteiger partial charge >= 0.3 is 5.63 Å². The highest BCUT2D eigenvalue weighted by Gasteiger charge is 2.30. The van der Waals surface area contributed by atoms with Crippen LogP contribution in [0, 0.1) is 0 Å². The first-order valence-corrected chi connectivity index (χ1v) is 9.05. The highest BCUT2D eigenvalue weighted by molar-refractivity contribution is 9.10. The molecule has 0 atom stereocenters. The van der Waals surface area contributed by atoms with Gasteiger partial charge in [0.25, 0.3) is 0 Å². The molecule has 1 aromatic carbocycles. The molecule has 114 valence electrons. The molecule has 0 aliphatic rings. The van der Waals surface area contributed by atoms with E-state index in [0.29, 0.717) is 11.1 Å². The van der Waals surface area contributed by atoms with E-state index in [-0.39, 0.29) is 10.7 Å². The fourth-order valence-electron chi connectivity index (χ4n) is 2.02. The van der Waals surface area contributed by atoms with Crippen molar-refractivity contribution < 1.29 is 8.84 Å². The van der Waals surface area contributed by atoms with Crippen molar-refractivity contribution in [1.82, 2.24) is 0 Å². The van der Waals surface area contributed by atoms with Crippen molar-refractivity contribution in [2.45, 2.75) is 45.3 Å². The summed E-state index contributed by atoms with van der Waals surface area (Å²) >= 11 is 3.58. The van der Waals surface area contributed by atoms with Crippen LogP contribution in [0.5, 0.6) is 0 Å². The van der Waals surface area contributed by atoms with Gasteiger partial charge in [0.15, 0.2) is 15.5 Å². The lowest BCUT2D eigenvalue weighted by atomic mass is 10.0. The summed E-state index contributed by atoms with van der Waals surface area (Å²) in [6.07, 6.45) is 0. The molecule has 0 saturated heterocycles. The molecule has 1 heterocycles. The maximum atomic E-state index is 12.2. The zero-order chi connectivity index (χ0) is 15.8. The summed E-state index contributed by atoms with van der Waals surface area (Å²) in [5.74, 6) is 0.558. The van der Waals surface area contributed by atoms with Gasteiger partial charge in [-0.15, -0.1) is 0 Å². The first kappa shape index (κ1) is 16.5. The molecule has 1 aromatic heterocycles. The van der Waals surface area contributed by atoms with Crippen LogP contribution in [-0.2, 0) is 10.0 Å².